The molecule has 0 aromatic heterocycles. The third kappa shape index (κ3) is 4.00. The van der Waals surface area contributed by atoms with E-state index in [0.717, 1.165) is 17.0 Å². The van der Waals surface area contributed by atoms with Crippen LogP contribution >= 0.6 is 34.8 Å². The zero-order chi connectivity index (χ0) is 19.8. The molecule has 1 saturated heterocycles. The molecule has 4 nitrogen and oxygen atoms in total. The Balaban J connectivity index is 1.35. The maximum atomic E-state index is 12.8. The van der Waals surface area contributed by atoms with Crippen LogP contribution in [0.1, 0.15) is 28.3 Å². The maximum Gasteiger partial charge on any atom is 0.254 e. The minimum atomic E-state index is -0.114. The van der Waals surface area contributed by atoms with Crippen LogP contribution in [-0.2, 0) is 4.79 Å². The van der Waals surface area contributed by atoms with Crippen LogP contribution in [0.5, 0.6) is 0 Å². The molecule has 146 valence electrons. The van der Waals surface area contributed by atoms with Crippen LogP contribution in [0, 0.1) is 5.92 Å². The molecule has 1 heterocycles. The summed E-state index contributed by atoms with van der Waals surface area (Å²) in [6.45, 7) is 2.06. The highest BCUT2D eigenvalue weighted by Gasteiger charge is 2.46. The van der Waals surface area contributed by atoms with Crippen molar-refractivity contribution in [2.24, 2.45) is 5.92 Å². The lowest BCUT2D eigenvalue weighted by molar-refractivity contribution is -0.134. The van der Waals surface area contributed by atoms with Gasteiger partial charge in [0.25, 0.3) is 5.91 Å². The molecule has 2 fully saturated rings. The summed E-state index contributed by atoms with van der Waals surface area (Å²) in [4.78, 5) is 29.1. The smallest absolute Gasteiger partial charge is 0.254 e. The molecule has 2 amide bonds. The first-order chi connectivity index (χ1) is 13.4. The molecule has 2 atom stereocenters. The number of carbonyl (C=O) groups excluding carboxylic acids is 2. The topological polar surface area (TPSA) is 40.6 Å². The van der Waals surface area contributed by atoms with Crippen molar-refractivity contribution in [3.8, 4) is 0 Å². The fourth-order valence-electron chi connectivity index (χ4n) is 3.81. The second kappa shape index (κ2) is 7.94. The molecule has 2 aromatic carbocycles. The van der Waals surface area contributed by atoms with Gasteiger partial charge in [-0.05, 0) is 42.2 Å². The Hall–Kier alpha value is -1.75. The summed E-state index contributed by atoms with van der Waals surface area (Å²) < 4.78 is 0. The largest absolute Gasteiger partial charge is 0.339 e. The van der Waals surface area contributed by atoms with Gasteiger partial charge in [0.05, 0.1) is 0 Å². The van der Waals surface area contributed by atoms with Crippen LogP contribution in [0.2, 0.25) is 15.1 Å². The molecule has 1 saturated carbocycles. The van der Waals surface area contributed by atoms with Crippen LogP contribution in [0.15, 0.2) is 42.5 Å². The van der Waals surface area contributed by atoms with Crippen LogP contribution < -0.4 is 0 Å². The van der Waals surface area contributed by atoms with Gasteiger partial charge in [-0.15, -0.1) is 0 Å². The fraction of sp³-hybridized carbons (Fsp3) is 0.333. The molecule has 2 aromatic rings. The molecule has 1 aliphatic heterocycles. The average Bonchev–Trinajstić information content (AvgIpc) is 3.47. The van der Waals surface area contributed by atoms with Gasteiger partial charge < -0.3 is 9.80 Å². The van der Waals surface area contributed by atoms with Crippen molar-refractivity contribution in [1.29, 1.82) is 0 Å². The van der Waals surface area contributed by atoms with Gasteiger partial charge in [0.15, 0.2) is 0 Å². The highest BCUT2D eigenvalue weighted by atomic mass is 35.5. The minimum absolute atomic E-state index is 0.00566. The van der Waals surface area contributed by atoms with Crippen molar-refractivity contribution < 1.29 is 9.59 Å². The van der Waals surface area contributed by atoms with E-state index in [1.54, 1.807) is 23.1 Å². The van der Waals surface area contributed by atoms with Crippen molar-refractivity contribution in [3.05, 3.63) is 68.7 Å². The first-order valence-electron chi connectivity index (χ1n) is 9.22. The standard InChI is InChI=1S/C21H19Cl3N2O2/c22-14-9-13(10-15(23)11-14)20(27)25-5-7-26(8-6-25)21(28)18-12-17(18)16-3-1-2-4-19(16)24/h1-4,9-11,17-18H,5-8,12H2. The van der Waals surface area contributed by atoms with E-state index in [4.69, 9.17) is 34.8 Å². The van der Waals surface area contributed by atoms with Crippen molar-refractivity contribution >= 4 is 46.6 Å². The Labute approximate surface area is 179 Å². The lowest BCUT2D eigenvalue weighted by atomic mass is 10.1. The highest BCUT2D eigenvalue weighted by molar-refractivity contribution is 6.35. The summed E-state index contributed by atoms with van der Waals surface area (Å²) in [5.41, 5.74) is 1.52. The van der Waals surface area contributed by atoms with E-state index in [1.807, 2.05) is 29.2 Å². The monoisotopic (exact) mass is 436 g/mol. The summed E-state index contributed by atoms with van der Waals surface area (Å²) in [7, 11) is 0. The highest BCUT2D eigenvalue weighted by Crippen LogP contribution is 2.50. The second-order valence-electron chi connectivity index (χ2n) is 7.25. The molecule has 0 spiro atoms. The molecule has 0 N–H and O–H groups in total. The molecule has 1 aliphatic carbocycles. The van der Waals surface area contributed by atoms with E-state index in [2.05, 4.69) is 0 Å². The van der Waals surface area contributed by atoms with Crippen molar-refractivity contribution in [2.45, 2.75) is 12.3 Å². The molecule has 4 rings (SSSR count). The van der Waals surface area contributed by atoms with E-state index >= 15 is 0 Å². The Morgan fingerprint density at radius 1 is 0.857 bits per heavy atom. The molecule has 0 bridgehead atoms. The number of piperazine rings is 1. The number of amides is 2. The third-order valence-corrected chi connectivity index (χ3v) is 6.18. The number of nitrogens with zero attached hydrogens (tertiary/aromatic N) is 2. The zero-order valence-electron chi connectivity index (χ0n) is 15.1. The molecule has 28 heavy (non-hydrogen) atoms. The summed E-state index contributed by atoms with van der Waals surface area (Å²) in [6, 6.07) is 12.5. The van der Waals surface area contributed by atoms with E-state index in [1.165, 1.54) is 0 Å². The number of hydrogen-bond acceptors (Lipinski definition) is 2. The van der Waals surface area contributed by atoms with Gasteiger partial charge in [-0.2, -0.15) is 0 Å². The summed E-state index contributed by atoms with van der Waals surface area (Å²) in [5, 5.41) is 1.59. The zero-order valence-corrected chi connectivity index (χ0v) is 17.3. The first-order valence-corrected chi connectivity index (χ1v) is 10.4. The van der Waals surface area contributed by atoms with Gasteiger partial charge in [0, 0.05) is 52.7 Å². The molecule has 2 unspecified atom stereocenters. The number of hydrogen-bond donors (Lipinski definition) is 0. The quantitative estimate of drug-likeness (QED) is 0.696. The summed E-state index contributed by atoms with van der Waals surface area (Å²) in [6.07, 6.45) is 0.836. The van der Waals surface area contributed by atoms with Gasteiger partial charge in [0.2, 0.25) is 5.91 Å². The summed E-state index contributed by atoms with van der Waals surface area (Å²) in [5.74, 6) is 0.239. The van der Waals surface area contributed by atoms with E-state index < -0.39 is 0 Å². The fourth-order valence-corrected chi connectivity index (χ4v) is 4.61. The third-order valence-electron chi connectivity index (χ3n) is 5.40. The van der Waals surface area contributed by atoms with Gasteiger partial charge in [-0.3, -0.25) is 9.59 Å². The van der Waals surface area contributed by atoms with Crippen LogP contribution in [0.25, 0.3) is 0 Å². The number of benzene rings is 2. The Kier molecular flexibility index (Phi) is 5.55. The Morgan fingerprint density at radius 3 is 2.11 bits per heavy atom. The van der Waals surface area contributed by atoms with Crippen molar-refractivity contribution in [1.82, 2.24) is 9.80 Å². The lowest BCUT2D eigenvalue weighted by Crippen LogP contribution is -2.51. The van der Waals surface area contributed by atoms with Crippen molar-refractivity contribution in [3.63, 3.8) is 0 Å². The molecule has 0 radical (unpaired) electrons. The second-order valence-corrected chi connectivity index (χ2v) is 8.53. The molecular formula is C21H19Cl3N2O2. The van der Waals surface area contributed by atoms with Crippen LogP contribution in [-0.4, -0.2) is 47.8 Å². The Bertz CT molecular complexity index is 905. The molecule has 7 heteroatoms. The van der Waals surface area contributed by atoms with Gasteiger partial charge in [0.1, 0.15) is 0 Å². The van der Waals surface area contributed by atoms with E-state index in [0.29, 0.717) is 41.8 Å². The van der Waals surface area contributed by atoms with Crippen LogP contribution in [0.4, 0.5) is 0 Å². The average molecular weight is 438 g/mol. The van der Waals surface area contributed by atoms with Gasteiger partial charge in [-0.1, -0.05) is 53.0 Å². The first kappa shape index (κ1) is 19.6. The predicted octanol–water partition coefficient (Wildman–Crippen LogP) is 4.73. The van der Waals surface area contributed by atoms with Gasteiger partial charge >= 0.3 is 0 Å². The molecule has 2 aliphatic rings. The number of halogens is 3. The van der Waals surface area contributed by atoms with E-state index in [-0.39, 0.29) is 23.7 Å². The lowest BCUT2D eigenvalue weighted by Gasteiger charge is -2.35. The maximum absolute atomic E-state index is 12.8. The number of rotatable bonds is 3. The summed E-state index contributed by atoms with van der Waals surface area (Å²) >= 11 is 18.3. The van der Waals surface area contributed by atoms with Crippen LogP contribution in [0.3, 0.4) is 0 Å². The normalized spacial score (nSPS) is 21.5. The minimum Gasteiger partial charge on any atom is -0.339 e. The predicted molar refractivity (Wildman–Crippen MR) is 111 cm³/mol. The Morgan fingerprint density at radius 2 is 1.46 bits per heavy atom. The van der Waals surface area contributed by atoms with Crippen molar-refractivity contribution in [2.75, 3.05) is 26.2 Å². The van der Waals surface area contributed by atoms with E-state index in [9.17, 15) is 9.59 Å². The SMILES string of the molecule is O=C(c1cc(Cl)cc(Cl)c1)N1CCN(C(=O)C2CC2c2ccccc2Cl)CC1. The molecular weight excluding hydrogens is 419 g/mol. The van der Waals surface area contributed by atoms with Gasteiger partial charge in [-0.25, -0.2) is 0 Å². The number of carbonyl (C=O) groups is 2.